The second kappa shape index (κ2) is 6.69. The lowest BCUT2D eigenvalue weighted by Crippen LogP contribution is -2.48. The van der Waals surface area contributed by atoms with E-state index in [1.54, 1.807) is 6.07 Å². The lowest BCUT2D eigenvalue weighted by molar-refractivity contribution is 0.0417. The topological polar surface area (TPSA) is 74.2 Å². The summed E-state index contributed by atoms with van der Waals surface area (Å²) in [5, 5.41) is 18.7. The second-order valence-corrected chi connectivity index (χ2v) is 7.78. The fourth-order valence-corrected chi connectivity index (χ4v) is 4.87. The molecule has 2 aromatic carbocycles. The number of para-hydroxylation sites is 1. The van der Waals surface area contributed by atoms with Crippen LogP contribution in [0.3, 0.4) is 0 Å². The van der Waals surface area contributed by atoms with E-state index in [0.29, 0.717) is 5.69 Å². The van der Waals surface area contributed by atoms with E-state index >= 15 is 0 Å². The van der Waals surface area contributed by atoms with Crippen molar-refractivity contribution in [3.63, 3.8) is 0 Å². The summed E-state index contributed by atoms with van der Waals surface area (Å²) in [5.74, 6) is -0.254. The Labute approximate surface area is 163 Å². The summed E-state index contributed by atoms with van der Waals surface area (Å²) in [6, 6.07) is 19.1. The number of pyridine rings is 1. The summed E-state index contributed by atoms with van der Waals surface area (Å²) in [6.45, 7) is 1.75. The second-order valence-electron chi connectivity index (χ2n) is 7.78. The van der Waals surface area contributed by atoms with E-state index in [4.69, 9.17) is 0 Å². The van der Waals surface area contributed by atoms with Gasteiger partial charge in [0.2, 0.25) is 0 Å². The summed E-state index contributed by atoms with van der Waals surface area (Å²) in [5.41, 5.74) is 3.05. The highest BCUT2D eigenvalue weighted by molar-refractivity contribution is 5.95. The van der Waals surface area contributed by atoms with Crippen molar-refractivity contribution in [3.05, 3.63) is 77.5 Å². The molecule has 28 heavy (non-hydrogen) atoms. The number of aromatic nitrogens is 1. The molecule has 142 valence electrons. The molecule has 1 aliphatic carbocycles. The number of benzene rings is 2. The fraction of sp³-hybridized carbons (Fsp3) is 0.304. The number of carbonyl (C=O) groups is 1. The fourth-order valence-electron chi connectivity index (χ4n) is 4.87. The SMILES string of the molecule is O=C(N[C@H]1c2ccccc2C2(CCNCC2)[C@@H]1O)c1ccc2ccccc2n1. The number of hydrogen-bond acceptors (Lipinski definition) is 4. The standard InChI is InChI=1S/C23H23N3O2/c27-21-20(16-6-2-3-7-17(16)23(21)11-13-24-14-12-23)26-22(28)19-10-9-15-5-1-4-8-18(15)25-19/h1-10,20-21,24,27H,11-14H2,(H,26,28)/t20-,21+/m0/s1. The molecule has 1 spiro atoms. The van der Waals surface area contributed by atoms with E-state index in [2.05, 4.69) is 21.7 Å². The Hall–Kier alpha value is -2.76. The van der Waals surface area contributed by atoms with E-state index in [-0.39, 0.29) is 11.3 Å². The Balaban J connectivity index is 1.48. The molecule has 0 radical (unpaired) electrons. The van der Waals surface area contributed by atoms with Crippen LogP contribution in [0.1, 0.15) is 40.5 Å². The molecule has 1 amide bonds. The van der Waals surface area contributed by atoms with Crippen LogP contribution in [0.5, 0.6) is 0 Å². The highest BCUT2D eigenvalue weighted by atomic mass is 16.3. The number of fused-ring (bicyclic) bond motifs is 3. The molecule has 3 aromatic rings. The predicted octanol–water partition coefficient (Wildman–Crippen LogP) is 2.70. The number of aliphatic hydroxyl groups excluding tert-OH is 1. The van der Waals surface area contributed by atoms with Gasteiger partial charge in [-0.1, -0.05) is 48.5 Å². The van der Waals surface area contributed by atoms with Gasteiger partial charge in [0.05, 0.1) is 17.7 Å². The van der Waals surface area contributed by atoms with Crippen LogP contribution in [0.4, 0.5) is 0 Å². The molecule has 1 fully saturated rings. The third-order valence-electron chi connectivity index (χ3n) is 6.33. The number of carbonyl (C=O) groups excluding carboxylic acids is 1. The maximum Gasteiger partial charge on any atom is 0.270 e. The van der Waals surface area contributed by atoms with Crippen LogP contribution < -0.4 is 10.6 Å². The van der Waals surface area contributed by atoms with Gasteiger partial charge >= 0.3 is 0 Å². The summed E-state index contributed by atoms with van der Waals surface area (Å²) in [7, 11) is 0. The van der Waals surface area contributed by atoms with E-state index in [1.807, 2.05) is 48.5 Å². The summed E-state index contributed by atoms with van der Waals surface area (Å²) >= 11 is 0. The summed E-state index contributed by atoms with van der Waals surface area (Å²) in [4.78, 5) is 17.5. The Morgan fingerprint density at radius 1 is 1.04 bits per heavy atom. The molecule has 2 heterocycles. The molecule has 0 unspecified atom stereocenters. The van der Waals surface area contributed by atoms with Gasteiger partial charge < -0.3 is 15.7 Å². The van der Waals surface area contributed by atoms with Gasteiger partial charge in [-0.15, -0.1) is 0 Å². The number of piperidine rings is 1. The summed E-state index contributed by atoms with van der Waals surface area (Å²) < 4.78 is 0. The average Bonchev–Trinajstić information content (AvgIpc) is 2.97. The first-order chi connectivity index (χ1) is 13.7. The van der Waals surface area contributed by atoms with Crippen LogP contribution in [-0.4, -0.2) is 35.2 Å². The van der Waals surface area contributed by atoms with E-state index < -0.39 is 12.1 Å². The smallest absolute Gasteiger partial charge is 0.270 e. The van der Waals surface area contributed by atoms with Gasteiger partial charge in [-0.3, -0.25) is 4.79 Å². The zero-order valence-electron chi connectivity index (χ0n) is 15.6. The van der Waals surface area contributed by atoms with Crippen molar-refractivity contribution in [1.29, 1.82) is 0 Å². The number of hydrogen-bond donors (Lipinski definition) is 3. The maximum absolute atomic E-state index is 13.0. The molecule has 1 aliphatic heterocycles. The number of amides is 1. The highest BCUT2D eigenvalue weighted by Crippen LogP contribution is 2.50. The van der Waals surface area contributed by atoms with Crippen LogP contribution in [-0.2, 0) is 5.41 Å². The van der Waals surface area contributed by atoms with Gasteiger partial charge in [-0.2, -0.15) is 0 Å². The van der Waals surface area contributed by atoms with Gasteiger partial charge in [-0.05, 0) is 49.2 Å². The van der Waals surface area contributed by atoms with Crippen molar-refractivity contribution < 1.29 is 9.90 Å². The number of nitrogens with one attached hydrogen (secondary N) is 2. The van der Waals surface area contributed by atoms with Crippen molar-refractivity contribution in [2.45, 2.75) is 30.4 Å². The molecule has 1 aromatic heterocycles. The Morgan fingerprint density at radius 3 is 2.64 bits per heavy atom. The third-order valence-corrected chi connectivity index (χ3v) is 6.33. The van der Waals surface area contributed by atoms with Crippen LogP contribution in [0.15, 0.2) is 60.7 Å². The first kappa shape index (κ1) is 17.3. The van der Waals surface area contributed by atoms with Gasteiger partial charge in [-0.25, -0.2) is 4.98 Å². The van der Waals surface area contributed by atoms with Gasteiger partial charge in [0.25, 0.3) is 5.91 Å². The van der Waals surface area contributed by atoms with Gasteiger partial charge in [0.1, 0.15) is 5.69 Å². The molecule has 5 heteroatoms. The first-order valence-electron chi connectivity index (χ1n) is 9.84. The minimum atomic E-state index is -0.642. The summed E-state index contributed by atoms with van der Waals surface area (Å²) in [6.07, 6.45) is 1.09. The van der Waals surface area contributed by atoms with E-state index in [0.717, 1.165) is 42.4 Å². The van der Waals surface area contributed by atoms with Crippen molar-refractivity contribution in [2.24, 2.45) is 0 Å². The van der Waals surface area contributed by atoms with Crippen molar-refractivity contribution in [3.8, 4) is 0 Å². The van der Waals surface area contributed by atoms with E-state index in [1.165, 1.54) is 5.56 Å². The van der Waals surface area contributed by atoms with Crippen molar-refractivity contribution in [1.82, 2.24) is 15.6 Å². The Morgan fingerprint density at radius 2 is 1.79 bits per heavy atom. The predicted molar refractivity (Wildman–Crippen MR) is 108 cm³/mol. The van der Waals surface area contributed by atoms with Crippen LogP contribution in [0, 0.1) is 0 Å². The lowest BCUT2D eigenvalue weighted by atomic mass is 9.72. The lowest BCUT2D eigenvalue weighted by Gasteiger charge is -2.38. The largest absolute Gasteiger partial charge is 0.390 e. The maximum atomic E-state index is 13.0. The minimum absolute atomic E-state index is 0.254. The molecule has 2 atom stereocenters. The zero-order valence-corrected chi connectivity index (χ0v) is 15.6. The average molecular weight is 373 g/mol. The zero-order chi connectivity index (χ0) is 19.1. The molecule has 0 saturated carbocycles. The van der Waals surface area contributed by atoms with Gasteiger partial charge in [0, 0.05) is 10.8 Å². The number of nitrogens with zero attached hydrogens (tertiary/aromatic N) is 1. The third kappa shape index (κ3) is 2.62. The monoisotopic (exact) mass is 373 g/mol. The number of aliphatic hydroxyl groups is 1. The number of rotatable bonds is 2. The van der Waals surface area contributed by atoms with Crippen molar-refractivity contribution >= 4 is 16.8 Å². The molecule has 0 bridgehead atoms. The molecular weight excluding hydrogens is 350 g/mol. The molecule has 1 saturated heterocycles. The Kier molecular flexibility index (Phi) is 4.14. The van der Waals surface area contributed by atoms with Crippen LogP contribution in [0.2, 0.25) is 0 Å². The minimum Gasteiger partial charge on any atom is -0.390 e. The highest BCUT2D eigenvalue weighted by Gasteiger charge is 2.52. The van der Waals surface area contributed by atoms with Crippen LogP contribution >= 0.6 is 0 Å². The first-order valence-corrected chi connectivity index (χ1v) is 9.84. The Bertz CT molecular complexity index is 1040. The normalized spacial score (nSPS) is 22.9. The molecule has 3 N–H and O–H groups in total. The molecular formula is C23H23N3O2. The molecule has 5 rings (SSSR count). The quantitative estimate of drug-likeness (QED) is 0.646. The molecule has 2 aliphatic rings. The van der Waals surface area contributed by atoms with Crippen LogP contribution in [0.25, 0.3) is 10.9 Å². The van der Waals surface area contributed by atoms with Crippen molar-refractivity contribution in [2.75, 3.05) is 13.1 Å². The van der Waals surface area contributed by atoms with E-state index in [9.17, 15) is 9.90 Å². The van der Waals surface area contributed by atoms with Gasteiger partial charge in [0.15, 0.2) is 0 Å². The molecule has 5 nitrogen and oxygen atoms in total.